The van der Waals surface area contributed by atoms with Crippen LogP contribution < -0.4 is 0 Å². The fourth-order valence-corrected chi connectivity index (χ4v) is 4.76. The molecule has 0 bridgehead atoms. The molecule has 2 saturated heterocycles. The van der Waals surface area contributed by atoms with E-state index in [2.05, 4.69) is 38.9 Å². The number of likely N-dealkylation sites (N-methyl/N-ethyl adjacent to an activating group) is 1. The van der Waals surface area contributed by atoms with Gasteiger partial charge in [0.2, 0.25) is 5.91 Å². The maximum atomic E-state index is 12.8. The SMILES string of the molecule is Cc1nc2ccc(CCC(=O)N3CCC[C@@](O)(CN4CCN(C)CC4)CC3)cc2[nH]1. The van der Waals surface area contributed by atoms with Crippen LogP contribution >= 0.6 is 0 Å². The van der Waals surface area contributed by atoms with E-state index in [1.807, 2.05) is 17.9 Å². The zero-order chi connectivity index (χ0) is 21.1. The first-order chi connectivity index (χ1) is 14.4. The van der Waals surface area contributed by atoms with Crippen LogP contribution in [0.5, 0.6) is 0 Å². The lowest BCUT2D eigenvalue weighted by atomic mass is 9.94. The molecular formula is C23H35N5O2. The van der Waals surface area contributed by atoms with Gasteiger partial charge >= 0.3 is 0 Å². The third-order valence-corrected chi connectivity index (χ3v) is 6.68. The minimum Gasteiger partial charge on any atom is -0.388 e. The molecule has 0 aliphatic carbocycles. The van der Waals surface area contributed by atoms with Crippen molar-refractivity contribution in [3.05, 3.63) is 29.6 Å². The lowest BCUT2D eigenvalue weighted by Gasteiger charge is -2.38. The fraction of sp³-hybridized carbons (Fsp3) is 0.652. The fourth-order valence-electron chi connectivity index (χ4n) is 4.76. The van der Waals surface area contributed by atoms with Crippen molar-refractivity contribution in [3.8, 4) is 0 Å². The van der Waals surface area contributed by atoms with Crippen LogP contribution in [0.3, 0.4) is 0 Å². The summed E-state index contributed by atoms with van der Waals surface area (Å²) in [6.07, 6.45) is 3.56. The summed E-state index contributed by atoms with van der Waals surface area (Å²) in [5.41, 5.74) is 2.48. The molecule has 0 unspecified atom stereocenters. The van der Waals surface area contributed by atoms with Gasteiger partial charge in [0, 0.05) is 52.2 Å². The van der Waals surface area contributed by atoms with Crippen molar-refractivity contribution < 1.29 is 9.90 Å². The minimum atomic E-state index is -0.672. The summed E-state index contributed by atoms with van der Waals surface area (Å²) in [5.74, 6) is 1.10. The highest BCUT2D eigenvalue weighted by Gasteiger charge is 2.33. The average Bonchev–Trinajstić information content (AvgIpc) is 2.98. The number of nitrogens with one attached hydrogen (secondary N) is 1. The van der Waals surface area contributed by atoms with Crippen molar-refractivity contribution in [2.45, 2.75) is 44.6 Å². The molecule has 2 N–H and O–H groups in total. The number of fused-ring (bicyclic) bond motifs is 1. The number of hydrogen-bond donors (Lipinski definition) is 2. The highest BCUT2D eigenvalue weighted by Crippen LogP contribution is 2.25. The maximum absolute atomic E-state index is 12.8. The van der Waals surface area contributed by atoms with Crippen LogP contribution in [0, 0.1) is 6.92 Å². The zero-order valence-corrected chi connectivity index (χ0v) is 18.4. The molecule has 164 valence electrons. The first-order valence-corrected chi connectivity index (χ1v) is 11.3. The number of aromatic amines is 1. The number of carbonyl (C=O) groups excluding carboxylic acids is 1. The van der Waals surface area contributed by atoms with E-state index in [-0.39, 0.29) is 5.91 Å². The first kappa shape index (κ1) is 21.3. The maximum Gasteiger partial charge on any atom is 0.222 e. The third kappa shape index (κ3) is 5.20. The molecule has 0 radical (unpaired) electrons. The second-order valence-corrected chi connectivity index (χ2v) is 9.21. The van der Waals surface area contributed by atoms with Crippen LogP contribution in [0.2, 0.25) is 0 Å². The molecule has 0 spiro atoms. The van der Waals surface area contributed by atoms with Crippen molar-refractivity contribution in [2.24, 2.45) is 0 Å². The van der Waals surface area contributed by atoms with Gasteiger partial charge in [0.25, 0.3) is 0 Å². The van der Waals surface area contributed by atoms with E-state index in [1.165, 1.54) is 0 Å². The number of amides is 1. The topological polar surface area (TPSA) is 75.7 Å². The van der Waals surface area contributed by atoms with Crippen LogP contribution in [0.4, 0.5) is 0 Å². The van der Waals surface area contributed by atoms with Crippen molar-refractivity contribution in [1.29, 1.82) is 0 Å². The number of aliphatic hydroxyl groups is 1. The van der Waals surface area contributed by atoms with Crippen molar-refractivity contribution in [1.82, 2.24) is 24.7 Å². The number of benzene rings is 1. The molecule has 1 aromatic carbocycles. The Labute approximate surface area is 179 Å². The number of likely N-dealkylation sites (tertiary alicyclic amines) is 1. The number of imidazole rings is 1. The molecule has 4 rings (SSSR count). The van der Waals surface area contributed by atoms with E-state index in [9.17, 15) is 9.90 Å². The average molecular weight is 414 g/mol. The number of carbonyl (C=O) groups is 1. The molecular weight excluding hydrogens is 378 g/mol. The second kappa shape index (κ2) is 9.04. The van der Waals surface area contributed by atoms with Gasteiger partial charge in [-0.2, -0.15) is 0 Å². The van der Waals surface area contributed by atoms with E-state index in [4.69, 9.17) is 0 Å². The number of piperazine rings is 1. The van der Waals surface area contributed by atoms with E-state index in [0.29, 0.717) is 19.4 Å². The van der Waals surface area contributed by atoms with E-state index in [1.54, 1.807) is 0 Å². The predicted molar refractivity (Wildman–Crippen MR) is 118 cm³/mol. The summed E-state index contributed by atoms with van der Waals surface area (Å²) >= 11 is 0. The van der Waals surface area contributed by atoms with Crippen molar-refractivity contribution >= 4 is 16.9 Å². The molecule has 0 saturated carbocycles. The van der Waals surface area contributed by atoms with Gasteiger partial charge in [0.05, 0.1) is 16.6 Å². The van der Waals surface area contributed by atoms with Gasteiger partial charge in [-0.3, -0.25) is 9.69 Å². The number of aromatic nitrogens is 2. The van der Waals surface area contributed by atoms with Crippen molar-refractivity contribution in [2.75, 3.05) is 52.9 Å². The number of β-amino-alcohol motifs (C(OH)–C–C–N with tert-alkyl or cyclic N) is 1. The van der Waals surface area contributed by atoms with Gasteiger partial charge in [-0.1, -0.05) is 6.07 Å². The van der Waals surface area contributed by atoms with Gasteiger partial charge in [-0.25, -0.2) is 4.98 Å². The smallest absolute Gasteiger partial charge is 0.222 e. The molecule has 2 fully saturated rings. The van der Waals surface area contributed by atoms with E-state index in [0.717, 1.165) is 81.0 Å². The highest BCUT2D eigenvalue weighted by molar-refractivity contribution is 5.78. The van der Waals surface area contributed by atoms with Crippen LogP contribution in [0.25, 0.3) is 11.0 Å². The second-order valence-electron chi connectivity index (χ2n) is 9.21. The molecule has 2 aromatic rings. The Kier molecular flexibility index (Phi) is 6.41. The number of H-pyrrole nitrogens is 1. The van der Waals surface area contributed by atoms with Crippen molar-refractivity contribution in [3.63, 3.8) is 0 Å². The molecule has 3 heterocycles. The van der Waals surface area contributed by atoms with Gasteiger partial charge in [-0.15, -0.1) is 0 Å². The van der Waals surface area contributed by atoms with E-state index < -0.39 is 5.60 Å². The lowest BCUT2D eigenvalue weighted by molar-refractivity contribution is -0.131. The number of rotatable bonds is 5. The summed E-state index contributed by atoms with van der Waals surface area (Å²) in [7, 11) is 2.15. The summed E-state index contributed by atoms with van der Waals surface area (Å²) < 4.78 is 0. The standard InChI is InChI=1S/C23H35N5O2/c1-18-24-20-6-4-19(16-21(20)25-18)5-7-22(29)28-10-3-8-23(30,9-11-28)17-27-14-12-26(2)13-15-27/h4,6,16,30H,3,5,7-15,17H2,1-2H3,(H,24,25)/t23-/m0/s1. The molecule has 7 nitrogen and oxygen atoms in total. The number of nitrogens with zero attached hydrogens (tertiary/aromatic N) is 4. The zero-order valence-electron chi connectivity index (χ0n) is 18.4. The Morgan fingerprint density at radius 2 is 1.97 bits per heavy atom. The Morgan fingerprint density at radius 3 is 2.77 bits per heavy atom. The number of aryl methyl sites for hydroxylation is 2. The molecule has 1 aromatic heterocycles. The highest BCUT2D eigenvalue weighted by atomic mass is 16.3. The van der Waals surface area contributed by atoms with Crippen LogP contribution in [0.15, 0.2) is 18.2 Å². The monoisotopic (exact) mass is 413 g/mol. The summed E-state index contributed by atoms with van der Waals surface area (Å²) in [6.45, 7) is 8.24. The molecule has 2 aliphatic rings. The summed E-state index contributed by atoms with van der Waals surface area (Å²) in [5, 5.41) is 11.2. The van der Waals surface area contributed by atoms with Gasteiger partial charge in [-0.05, 0) is 57.4 Å². The largest absolute Gasteiger partial charge is 0.388 e. The molecule has 30 heavy (non-hydrogen) atoms. The van der Waals surface area contributed by atoms with Crippen LogP contribution in [-0.4, -0.2) is 94.1 Å². The van der Waals surface area contributed by atoms with Gasteiger partial charge in [0.1, 0.15) is 5.82 Å². The molecule has 1 atom stereocenters. The van der Waals surface area contributed by atoms with Crippen LogP contribution in [-0.2, 0) is 11.2 Å². The molecule has 2 aliphatic heterocycles. The number of hydrogen-bond acceptors (Lipinski definition) is 5. The molecule has 1 amide bonds. The minimum absolute atomic E-state index is 0.194. The van der Waals surface area contributed by atoms with Gasteiger partial charge in [0.15, 0.2) is 0 Å². The predicted octanol–water partition coefficient (Wildman–Crippen LogP) is 1.79. The van der Waals surface area contributed by atoms with Gasteiger partial charge < -0.3 is 19.9 Å². The Balaban J connectivity index is 1.28. The first-order valence-electron chi connectivity index (χ1n) is 11.3. The lowest BCUT2D eigenvalue weighted by Crippen LogP contribution is -2.51. The normalized spacial score (nSPS) is 24.3. The third-order valence-electron chi connectivity index (χ3n) is 6.68. The Morgan fingerprint density at radius 1 is 1.17 bits per heavy atom. The summed E-state index contributed by atoms with van der Waals surface area (Å²) in [4.78, 5) is 27.2. The van der Waals surface area contributed by atoms with Crippen LogP contribution in [0.1, 0.15) is 37.1 Å². The Bertz CT molecular complexity index is 874. The summed E-state index contributed by atoms with van der Waals surface area (Å²) in [6, 6.07) is 6.18. The van der Waals surface area contributed by atoms with E-state index >= 15 is 0 Å². The molecule has 7 heteroatoms. The Hall–Kier alpha value is -1.96. The quantitative estimate of drug-likeness (QED) is 0.782.